The molecule has 0 radical (unpaired) electrons. The summed E-state index contributed by atoms with van der Waals surface area (Å²) in [6, 6.07) is 9.84. The van der Waals surface area contributed by atoms with Gasteiger partial charge in [-0.15, -0.1) is 6.58 Å². The summed E-state index contributed by atoms with van der Waals surface area (Å²) in [6.45, 7) is 3.79. The normalized spacial score (nSPS) is 25.7. The molecule has 1 aromatic carbocycles. The zero-order valence-electron chi connectivity index (χ0n) is 8.56. The van der Waals surface area contributed by atoms with Crippen LogP contribution < -0.4 is 0 Å². The lowest BCUT2D eigenvalue weighted by molar-refractivity contribution is -0.157. The Morgan fingerprint density at radius 2 is 2.07 bits per heavy atom. The number of rotatable bonds is 2. The van der Waals surface area contributed by atoms with E-state index in [1.807, 2.05) is 36.4 Å². The molecule has 1 heterocycles. The number of hydrogen-bond acceptors (Lipinski definition) is 2. The van der Waals surface area contributed by atoms with Crippen LogP contribution >= 0.6 is 0 Å². The van der Waals surface area contributed by atoms with Gasteiger partial charge in [0.1, 0.15) is 6.10 Å². The summed E-state index contributed by atoms with van der Waals surface area (Å²) in [5.41, 5.74) is 1.05. The average molecular weight is 202 g/mol. The van der Waals surface area contributed by atoms with E-state index in [9.17, 15) is 4.79 Å². The van der Waals surface area contributed by atoms with E-state index in [2.05, 4.69) is 6.58 Å². The quantitative estimate of drug-likeness (QED) is 0.544. The van der Waals surface area contributed by atoms with Gasteiger partial charge in [-0.3, -0.25) is 4.79 Å². The minimum atomic E-state index is -0.148. The molecule has 0 spiro atoms. The lowest BCUT2D eigenvalue weighted by Gasteiger charge is -2.29. The lowest BCUT2D eigenvalue weighted by atomic mass is 9.89. The topological polar surface area (TPSA) is 26.3 Å². The van der Waals surface area contributed by atoms with Gasteiger partial charge in [-0.05, 0) is 12.0 Å². The molecule has 1 aromatic rings. The van der Waals surface area contributed by atoms with E-state index in [4.69, 9.17) is 4.74 Å². The minimum Gasteiger partial charge on any atom is -0.457 e. The molecule has 2 nitrogen and oxygen atoms in total. The Morgan fingerprint density at radius 1 is 1.33 bits per heavy atom. The van der Waals surface area contributed by atoms with E-state index in [0.717, 1.165) is 12.0 Å². The fourth-order valence-electron chi connectivity index (χ4n) is 1.92. The Bertz CT molecular complexity index is 356. The van der Waals surface area contributed by atoms with E-state index in [1.165, 1.54) is 0 Å². The molecule has 1 saturated heterocycles. The van der Waals surface area contributed by atoms with Crippen molar-refractivity contribution in [3.05, 3.63) is 48.6 Å². The van der Waals surface area contributed by atoms with E-state index in [1.54, 1.807) is 0 Å². The molecule has 2 atom stereocenters. The molecule has 0 saturated carbocycles. The Morgan fingerprint density at radius 3 is 2.73 bits per heavy atom. The monoisotopic (exact) mass is 202 g/mol. The molecular formula is C13H14O2. The molecule has 1 fully saturated rings. The standard InChI is InChI=1S/C13H14O2/c1-2-10-8-9-12(14)15-13(10)11-6-4-3-5-7-11/h2-7,10,13H,1,8-9H2/t10-,13-/m1/s1. The predicted molar refractivity (Wildman–Crippen MR) is 58.2 cm³/mol. The number of ether oxygens (including phenoxy) is 1. The molecule has 0 unspecified atom stereocenters. The third-order valence-electron chi connectivity index (χ3n) is 2.76. The first-order valence-electron chi connectivity index (χ1n) is 5.18. The molecule has 0 N–H and O–H groups in total. The van der Waals surface area contributed by atoms with Crippen molar-refractivity contribution in [2.75, 3.05) is 0 Å². The van der Waals surface area contributed by atoms with Crippen molar-refractivity contribution in [2.24, 2.45) is 5.92 Å². The van der Waals surface area contributed by atoms with Crippen LogP contribution in [0.25, 0.3) is 0 Å². The average Bonchev–Trinajstić information content (AvgIpc) is 2.30. The molecule has 0 aromatic heterocycles. The number of cyclic esters (lactones) is 1. The van der Waals surface area contributed by atoms with Crippen molar-refractivity contribution in [3.8, 4) is 0 Å². The van der Waals surface area contributed by atoms with Crippen molar-refractivity contribution in [3.63, 3.8) is 0 Å². The van der Waals surface area contributed by atoms with Gasteiger partial charge in [-0.1, -0.05) is 36.4 Å². The first-order chi connectivity index (χ1) is 7.31. The summed E-state index contributed by atoms with van der Waals surface area (Å²) in [7, 11) is 0. The molecule has 78 valence electrons. The van der Waals surface area contributed by atoms with Gasteiger partial charge in [0.2, 0.25) is 0 Å². The summed E-state index contributed by atoms with van der Waals surface area (Å²) >= 11 is 0. The molecule has 0 bridgehead atoms. The van der Waals surface area contributed by atoms with Crippen LogP contribution in [0.15, 0.2) is 43.0 Å². The van der Waals surface area contributed by atoms with Crippen LogP contribution in [0, 0.1) is 5.92 Å². The Hall–Kier alpha value is -1.57. The van der Waals surface area contributed by atoms with Crippen molar-refractivity contribution in [2.45, 2.75) is 18.9 Å². The van der Waals surface area contributed by atoms with Crippen molar-refractivity contribution in [1.29, 1.82) is 0 Å². The Balaban J connectivity index is 2.24. The van der Waals surface area contributed by atoms with Gasteiger partial charge in [0.15, 0.2) is 0 Å². The van der Waals surface area contributed by atoms with Gasteiger partial charge in [-0.2, -0.15) is 0 Å². The number of hydrogen-bond donors (Lipinski definition) is 0. The molecule has 2 rings (SSSR count). The number of benzene rings is 1. The fourth-order valence-corrected chi connectivity index (χ4v) is 1.92. The van der Waals surface area contributed by atoms with Gasteiger partial charge < -0.3 is 4.74 Å². The molecule has 0 amide bonds. The van der Waals surface area contributed by atoms with Gasteiger partial charge in [-0.25, -0.2) is 0 Å². The van der Waals surface area contributed by atoms with E-state index in [-0.39, 0.29) is 18.0 Å². The zero-order valence-corrected chi connectivity index (χ0v) is 8.56. The second kappa shape index (κ2) is 4.30. The predicted octanol–water partition coefficient (Wildman–Crippen LogP) is 2.87. The number of carbonyl (C=O) groups excluding carboxylic acids is 1. The molecule has 15 heavy (non-hydrogen) atoms. The third-order valence-corrected chi connectivity index (χ3v) is 2.76. The van der Waals surface area contributed by atoms with Crippen LogP contribution in [0.4, 0.5) is 0 Å². The summed E-state index contributed by atoms with van der Waals surface area (Å²) < 4.78 is 5.37. The lowest BCUT2D eigenvalue weighted by Crippen LogP contribution is -2.24. The fraction of sp³-hybridized carbons (Fsp3) is 0.308. The van der Waals surface area contributed by atoms with Gasteiger partial charge in [0.05, 0.1) is 0 Å². The van der Waals surface area contributed by atoms with Crippen LogP contribution in [0.1, 0.15) is 24.5 Å². The molecule has 2 heteroatoms. The van der Waals surface area contributed by atoms with Crippen molar-refractivity contribution < 1.29 is 9.53 Å². The molecule has 1 aliphatic heterocycles. The highest BCUT2D eigenvalue weighted by molar-refractivity contribution is 5.70. The maximum atomic E-state index is 11.3. The van der Waals surface area contributed by atoms with Crippen LogP contribution in [-0.4, -0.2) is 5.97 Å². The summed E-state index contributed by atoms with van der Waals surface area (Å²) in [5, 5.41) is 0. The van der Waals surface area contributed by atoms with E-state index >= 15 is 0 Å². The van der Waals surface area contributed by atoms with Crippen molar-refractivity contribution >= 4 is 5.97 Å². The van der Waals surface area contributed by atoms with Gasteiger partial charge >= 0.3 is 5.97 Å². The van der Waals surface area contributed by atoms with E-state index in [0.29, 0.717) is 6.42 Å². The highest BCUT2D eigenvalue weighted by Crippen LogP contribution is 2.34. The van der Waals surface area contributed by atoms with Crippen LogP contribution in [-0.2, 0) is 9.53 Å². The number of esters is 1. The molecular weight excluding hydrogens is 188 g/mol. The van der Waals surface area contributed by atoms with Crippen LogP contribution in [0.5, 0.6) is 0 Å². The smallest absolute Gasteiger partial charge is 0.306 e. The summed E-state index contributed by atoms with van der Waals surface area (Å²) in [5.74, 6) is 0.132. The second-order valence-corrected chi connectivity index (χ2v) is 3.76. The molecule has 0 aliphatic carbocycles. The summed E-state index contributed by atoms with van der Waals surface area (Å²) in [6.07, 6.45) is 3.07. The SMILES string of the molecule is C=C[C@@H]1CCC(=O)O[C@H]1c1ccccc1. The van der Waals surface area contributed by atoms with Crippen LogP contribution in [0.3, 0.4) is 0 Å². The largest absolute Gasteiger partial charge is 0.457 e. The van der Waals surface area contributed by atoms with Crippen molar-refractivity contribution in [1.82, 2.24) is 0 Å². The van der Waals surface area contributed by atoms with Crippen LogP contribution in [0.2, 0.25) is 0 Å². The maximum absolute atomic E-state index is 11.3. The Kier molecular flexibility index (Phi) is 2.86. The minimum absolute atomic E-state index is 0.109. The van der Waals surface area contributed by atoms with Gasteiger partial charge in [0, 0.05) is 12.3 Å². The summed E-state index contributed by atoms with van der Waals surface area (Å²) in [4.78, 5) is 11.3. The zero-order chi connectivity index (χ0) is 10.7. The number of carbonyl (C=O) groups is 1. The highest BCUT2D eigenvalue weighted by atomic mass is 16.5. The first-order valence-corrected chi connectivity index (χ1v) is 5.18. The maximum Gasteiger partial charge on any atom is 0.306 e. The second-order valence-electron chi connectivity index (χ2n) is 3.76. The van der Waals surface area contributed by atoms with Gasteiger partial charge in [0.25, 0.3) is 0 Å². The third kappa shape index (κ3) is 2.09. The Labute approximate surface area is 89.6 Å². The highest BCUT2D eigenvalue weighted by Gasteiger charge is 2.29. The van der Waals surface area contributed by atoms with E-state index < -0.39 is 0 Å². The first kappa shape index (κ1) is 9.97. The molecule has 1 aliphatic rings.